The van der Waals surface area contributed by atoms with Crippen molar-refractivity contribution in [2.24, 2.45) is 0 Å². The van der Waals surface area contributed by atoms with Crippen LogP contribution < -0.4 is 10.2 Å². The third-order valence-corrected chi connectivity index (χ3v) is 3.08. The minimum Gasteiger partial charge on any atom is -0.384 e. The second-order valence-corrected chi connectivity index (χ2v) is 4.76. The molecule has 3 heteroatoms. The van der Waals surface area contributed by atoms with Crippen LogP contribution in [-0.4, -0.2) is 18.6 Å². The van der Waals surface area contributed by atoms with E-state index in [0.29, 0.717) is 0 Å². The van der Waals surface area contributed by atoms with Crippen LogP contribution in [0, 0.1) is 6.92 Å². The average molecular weight is 255 g/mol. The number of rotatable bonds is 5. The molecule has 1 N–H and O–H groups in total. The van der Waals surface area contributed by atoms with E-state index in [1.807, 2.05) is 12.4 Å². The molecule has 0 saturated heterocycles. The zero-order chi connectivity index (χ0) is 13.7. The topological polar surface area (TPSA) is 28.2 Å². The molecule has 0 spiro atoms. The summed E-state index contributed by atoms with van der Waals surface area (Å²) in [5.41, 5.74) is 4.59. The number of aryl methyl sites for hydroxylation is 1. The summed E-state index contributed by atoms with van der Waals surface area (Å²) in [4.78, 5) is 6.45. The maximum absolute atomic E-state index is 4.30. The molecule has 0 aliphatic rings. The van der Waals surface area contributed by atoms with Crippen molar-refractivity contribution in [3.63, 3.8) is 0 Å². The molecule has 100 valence electrons. The second kappa shape index (κ2) is 6.23. The van der Waals surface area contributed by atoms with Gasteiger partial charge in [0.2, 0.25) is 0 Å². The van der Waals surface area contributed by atoms with E-state index in [4.69, 9.17) is 0 Å². The molecule has 1 aromatic heterocycles. The normalized spacial score (nSPS) is 10.3. The van der Waals surface area contributed by atoms with Crippen LogP contribution in [0.2, 0.25) is 0 Å². The Bertz CT molecular complexity index is 537. The van der Waals surface area contributed by atoms with Crippen molar-refractivity contribution in [3.05, 3.63) is 48.3 Å². The maximum atomic E-state index is 4.30. The standard InChI is InChI=1S/C16H21N3/c1-4-8-18-14-10-16(12-17-11-14)19(3)15-7-5-6-13(2)9-15/h5-7,9-12,18H,4,8H2,1-3H3. The second-order valence-electron chi connectivity index (χ2n) is 4.76. The molecule has 0 amide bonds. The Morgan fingerprint density at radius 1 is 1.16 bits per heavy atom. The van der Waals surface area contributed by atoms with Crippen LogP contribution in [0.3, 0.4) is 0 Å². The van der Waals surface area contributed by atoms with Gasteiger partial charge in [0, 0.05) is 19.3 Å². The van der Waals surface area contributed by atoms with E-state index < -0.39 is 0 Å². The summed E-state index contributed by atoms with van der Waals surface area (Å²) in [6, 6.07) is 10.6. The third kappa shape index (κ3) is 3.47. The first kappa shape index (κ1) is 13.4. The van der Waals surface area contributed by atoms with Crippen LogP contribution in [0.25, 0.3) is 0 Å². The molecule has 0 atom stereocenters. The summed E-state index contributed by atoms with van der Waals surface area (Å²) in [5, 5.41) is 3.36. The molecule has 0 radical (unpaired) electrons. The minimum atomic E-state index is 0.972. The highest BCUT2D eigenvalue weighted by atomic mass is 15.1. The molecule has 0 fully saturated rings. The van der Waals surface area contributed by atoms with Gasteiger partial charge in [0.1, 0.15) is 0 Å². The predicted molar refractivity (Wildman–Crippen MR) is 82.3 cm³/mol. The quantitative estimate of drug-likeness (QED) is 0.876. The van der Waals surface area contributed by atoms with Crippen molar-refractivity contribution in [2.75, 3.05) is 23.8 Å². The van der Waals surface area contributed by atoms with Gasteiger partial charge in [-0.15, -0.1) is 0 Å². The molecule has 0 saturated carbocycles. The molecule has 0 aliphatic carbocycles. The van der Waals surface area contributed by atoms with Gasteiger partial charge in [-0.25, -0.2) is 0 Å². The summed E-state index contributed by atoms with van der Waals surface area (Å²) < 4.78 is 0. The molecule has 19 heavy (non-hydrogen) atoms. The Kier molecular flexibility index (Phi) is 4.39. The first-order chi connectivity index (χ1) is 9.20. The molecule has 2 rings (SSSR count). The van der Waals surface area contributed by atoms with Crippen LogP contribution in [-0.2, 0) is 0 Å². The Morgan fingerprint density at radius 2 is 2.00 bits per heavy atom. The highest BCUT2D eigenvalue weighted by Gasteiger charge is 2.05. The van der Waals surface area contributed by atoms with Crippen molar-refractivity contribution in [2.45, 2.75) is 20.3 Å². The Morgan fingerprint density at radius 3 is 2.74 bits per heavy atom. The fourth-order valence-corrected chi connectivity index (χ4v) is 1.96. The lowest BCUT2D eigenvalue weighted by Crippen LogP contribution is -2.10. The van der Waals surface area contributed by atoms with Gasteiger partial charge in [0.05, 0.1) is 23.8 Å². The van der Waals surface area contributed by atoms with E-state index in [-0.39, 0.29) is 0 Å². The SMILES string of the molecule is CCCNc1cncc(N(C)c2cccc(C)c2)c1. The highest BCUT2D eigenvalue weighted by molar-refractivity contribution is 5.65. The Labute approximate surface area is 115 Å². The molecule has 0 unspecified atom stereocenters. The van der Waals surface area contributed by atoms with Crippen LogP contribution >= 0.6 is 0 Å². The summed E-state index contributed by atoms with van der Waals surface area (Å²) >= 11 is 0. The average Bonchev–Trinajstić information content (AvgIpc) is 2.44. The van der Waals surface area contributed by atoms with Crippen molar-refractivity contribution in [3.8, 4) is 0 Å². The molecule has 0 bridgehead atoms. The number of hydrogen-bond acceptors (Lipinski definition) is 3. The number of aromatic nitrogens is 1. The fourth-order valence-electron chi connectivity index (χ4n) is 1.96. The summed E-state index contributed by atoms with van der Waals surface area (Å²) in [5.74, 6) is 0. The number of anilines is 3. The van der Waals surface area contributed by atoms with E-state index >= 15 is 0 Å². The summed E-state index contributed by atoms with van der Waals surface area (Å²) in [6.45, 7) is 5.23. The minimum absolute atomic E-state index is 0.972. The number of pyridine rings is 1. The molecule has 1 heterocycles. The van der Waals surface area contributed by atoms with E-state index in [2.05, 4.69) is 66.4 Å². The predicted octanol–water partition coefficient (Wildman–Crippen LogP) is 3.98. The van der Waals surface area contributed by atoms with Crippen molar-refractivity contribution in [1.82, 2.24) is 4.98 Å². The molecular formula is C16H21N3. The first-order valence-electron chi connectivity index (χ1n) is 6.70. The van der Waals surface area contributed by atoms with Gasteiger partial charge in [-0.05, 0) is 37.1 Å². The summed E-state index contributed by atoms with van der Waals surface area (Å²) in [6.07, 6.45) is 4.86. The largest absolute Gasteiger partial charge is 0.384 e. The van der Waals surface area contributed by atoms with Crippen molar-refractivity contribution < 1.29 is 0 Å². The Hall–Kier alpha value is -2.03. The van der Waals surface area contributed by atoms with Crippen molar-refractivity contribution in [1.29, 1.82) is 0 Å². The Balaban J connectivity index is 2.21. The van der Waals surface area contributed by atoms with Crippen LogP contribution in [0.5, 0.6) is 0 Å². The molecule has 0 aliphatic heterocycles. The maximum Gasteiger partial charge on any atom is 0.0615 e. The number of nitrogens with one attached hydrogen (secondary N) is 1. The fraction of sp³-hybridized carbons (Fsp3) is 0.312. The van der Waals surface area contributed by atoms with Gasteiger partial charge in [0.25, 0.3) is 0 Å². The monoisotopic (exact) mass is 255 g/mol. The molecule has 1 aromatic carbocycles. The lowest BCUT2D eigenvalue weighted by atomic mass is 10.2. The van der Waals surface area contributed by atoms with Crippen LogP contribution in [0.1, 0.15) is 18.9 Å². The van der Waals surface area contributed by atoms with Gasteiger partial charge in [-0.1, -0.05) is 19.1 Å². The first-order valence-corrected chi connectivity index (χ1v) is 6.70. The highest BCUT2D eigenvalue weighted by Crippen LogP contribution is 2.25. The number of hydrogen-bond donors (Lipinski definition) is 1. The van der Waals surface area contributed by atoms with Gasteiger partial charge < -0.3 is 10.2 Å². The smallest absolute Gasteiger partial charge is 0.0615 e. The van der Waals surface area contributed by atoms with E-state index in [1.165, 1.54) is 11.3 Å². The number of nitrogens with zero attached hydrogens (tertiary/aromatic N) is 2. The summed E-state index contributed by atoms with van der Waals surface area (Å²) in [7, 11) is 2.06. The van der Waals surface area contributed by atoms with Crippen LogP contribution in [0.15, 0.2) is 42.7 Å². The van der Waals surface area contributed by atoms with E-state index in [9.17, 15) is 0 Å². The van der Waals surface area contributed by atoms with Gasteiger partial charge in [0.15, 0.2) is 0 Å². The lowest BCUT2D eigenvalue weighted by Gasteiger charge is -2.20. The number of benzene rings is 1. The van der Waals surface area contributed by atoms with Crippen molar-refractivity contribution >= 4 is 17.1 Å². The lowest BCUT2D eigenvalue weighted by molar-refractivity contribution is 0.977. The van der Waals surface area contributed by atoms with Gasteiger partial charge >= 0.3 is 0 Å². The molecule has 2 aromatic rings. The van der Waals surface area contributed by atoms with E-state index in [1.54, 1.807) is 0 Å². The zero-order valence-corrected chi connectivity index (χ0v) is 11.9. The van der Waals surface area contributed by atoms with Gasteiger partial charge in [-0.2, -0.15) is 0 Å². The molecular weight excluding hydrogens is 234 g/mol. The van der Waals surface area contributed by atoms with E-state index in [0.717, 1.165) is 24.3 Å². The third-order valence-electron chi connectivity index (χ3n) is 3.08. The molecule has 3 nitrogen and oxygen atoms in total. The van der Waals surface area contributed by atoms with Crippen LogP contribution in [0.4, 0.5) is 17.1 Å². The van der Waals surface area contributed by atoms with Gasteiger partial charge in [-0.3, -0.25) is 4.98 Å². The zero-order valence-electron chi connectivity index (χ0n) is 11.9.